The van der Waals surface area contributed by atoms with Crippen molar-refractivity contribution in [3.05, 3.63) is 0 Å². The van der Waals surface area contributed by atoms with Gasteiger partial charge in [-0.3, -0.25) is 0 Å². The average molecular weight is 327 g/mol. The lowest BCUT2D eigenvalue weighted by Crippen LogP contribution is -2.37. The quantitative estimate of drug-likeness (QED) is 0.309. The smallest absolute Gasteiger partial charge is 0.182 e. The zero-order valence-corrected chi connectivity index (χ0v) is 9.09. The number of hydrogen-bond acceptors (Lipinski definition) is 2. The van der Waals surface area contributed by atoms with Crippen molar-refractivity contribution in [3.8, 4) is 0 Å². The fourth-order valence-electron chi connectivity index (χ4n) is 0.154. The maximum atomic E-state index is 12.0. The van der Waals surface area contributed by atoms with Crippen LogP contribution in [0.5, 0.6) is 0 Å². The van der Waals surface area contributed by atoms with Gasteiger partial charge in [-0.05, 0) is 11.6 Å². The maximum Gasteiger partial charge on any atom is 0.422 e. The number of halogens is 10. The average Bonchev–Trinajstić information content (AvgIpc) is 1.76. The summed E-state index contributed by atoms with van der Waals surface area (Å²) < 4.78 is 78.5. The molecule has 0 bridgehead atoms. The normalized spacial score (nSPS) is 19.6. The molecule has 0 atom stereocenters. The van der Waals surface area contributed by atoms with Crippen LogP contribution in [-0.2, 0) is 9.22 Å². The van der Waals surface area contributed by atoms with Crippen LogP contribution in [0.1, 0.15) is 0 Å². The van der Waals surface area contributed by atoms with Crippen molar-refractivity contribution >= 4 is 45.3 Å². The molecule has 0 unspecified atom stereocenters. The molecule has 0 rings (SSSR count). The third-order valence-corrected chi connectivity index (χ3v) is 1.98. The van der Waals surface area contributed by atoms with E-state index in [1.807, 2.05) is 0 Å². The van der Waals surface area contributed by atoms with Gasteiger partial charge in [-0.2, -0.15) is 13.7 Å². The molecule has 0 heterocycles. The third kappa shape index (κ3) is 6.74. The molecule has 0 fully saturated rings. The van der Waals surface area contributed by atoms with Crippen molar-refractivity contribution in [2.45, 2.75) is 9.90 Å². The molecular weight excluding hydrogens is 327 g/mol. The summed E-state index contributed by atoms with van der Waals surface area (Å²) >= 11 is 12.8. The molecule has 0 aliphatic heterocycles. The van der Waals surface area contributed by atoms with Gasteiger partial charge in [-0.25, -0.2) is 0 Å². The van der Waals surface area contributed by atoms with Crippen LogP contribution in [-0.4, -0.2) is 9.90 Å². The van der Waals surface area contributed by atoms with E-state index in [1.165, 1.54) is 0 Å². The van der Waals surface area contributed by atoms with E-state index in [0.717, 1.165) is 0 Å². The predicted octanol–water partition coefficient (Wildman–Crippen LogP) is 5.11. The molecule has 0 aromatic rings. The first-order valence-electron chi connectivity index (χ1n) is 2.50. The second-order valence-electron chi connectivity index (χ2n) is 2.06. The highest BCUT2D eigenvalue weighted by Gasteiger charge is 2.70. The van der Waals surface area contributed by atoms with Gasteiger partial charge in [0.25, 0.3) is 0 Å². The molecule has 0 saturated heterocycles. The van der Waals surface area contributed by atoms with Crippen molar-refractivity contribution in [1.29, 1.82) is 0 Å². The van der Waals surface area contributed by atoms with Gasteiger partial charge in [-0.15, -0.1) is 0 Å². The molecule has 96 valence electrons. The zero-order valence-electron chi connectivity index (χ0n) is 6.00. The zero-order chi connectivity index (χ0) is 12.8. The van der Waals surface area contributed by atoms with Crippen LogP contribution in [0.25, 0.3) is 0 Å². The van der Waals surface area contributed by atoms with Gasteiger partial charge in [0.15, 0.2) is 0 Å². The molecule has 0 aromatic heterocycles. The van der Waals surface area contributed by atoms with Crippen LogP contribution in [0.4, 0.5) is 28.2 Å². The molecule has 0 spiro atoms. The number of rotatable bonds is 4. The standard InChI is InChI=1S/C2Cl3F7O2S/c3-1(4,2(5,6)7)13-14-15(8,9,10,11)12. The topological polar surface area (TPSA) is 18.5 Å². The Morgan fingerprint density at radius 2 is 1.20 bits per heavy atom. The van der Waals surface area contributed by atoms with Gasteiger partial charge in [-0.1, -0.05) is 47.0 Å². The third-order valence-electron chi connectivity index (χ3n) is 0.597. The Hall–Kier alpha value is 0.650. The summed E-state index contributed by atoms with van der Waals surface area (Å²) in [6, 6.07) is 0. The molecule has 0 amide bonds. The van der Waals surface area contributed by atoms with E-state index in [2.05, 4.69) is 39.7 Å². The Bertz CT molecular complexity index is 254. The van der Waals surface area contributed by atoms with Crippen molar-refractivity contribution in [3.63, 3.8) is 0 Å². The van der Waals surface area contributed by atoms with Crippen LogP contribution in [0, 0.1) is 0 Å². The van der Waals surface area contributed by atoms with Crippen molar-refractivity contribution in [2.24, 2.45) is 0 Å². The van der Waals surface area contributed by atoms with E-state index in [9.17, 15) is 28.2 Å². The van der Waals surface area contributed by atoms with E-state index in [1.54, 1.807) is 4.33 Å². The lowest BCUT2D eigenvalue weighted by Gasteiger charge is -2.38. The molecule has 0 saturated carbocycles. The van der Waals surface area contributed by atoms with Gasteiger partial charge < -0.3 is 0 Å². The van der Waals surface area contributed by atoms with Crippen molar-refractivity contribution < 1.29 is 37.4 Å². The van der Waals surface area contributed by atoms with Gasteiger partial charge in [0.2, 0.25) is 0 Å². The van der Waals surface area contributed by atoms with Gasteiger partial charge in [0.1, 0.15) is 0 Å². The monoisotopic (exact) mass is 326 g/mol. The lowest BCUT2D eigenvalue weighted by molar-refractivity contribution is -0.289. The Kier molecular flexibility index (Phi) is 3.24. The van der Waals surface area contributed by atoms with Crippen LogP contribution in [0.3, 0.4) is 0 Å². The van der Waals surface area contributed by atoms with Gasteiger partial charge in [0.05, 0.1) is 0 Å². The highest BCUT2D eigenvalue weighted by molar-refractivity contribution is 8.42. The summed E-state index contributed by atoms with van der Waals surface area (Å²) in [6.07, 6.45) is 0. The first-order valence-corrected chi connectivity index (χ1v) is 5.51. The number of alkyl halides is 5. The van der Waals surface area contributed by atoms with Crippen LogP contribution in [0.15, 0.2) is 0 Å². The van der Waals surface area contributed by atoms with Crippen LogP contribution < -0.4 is 0 Å². The summed E-state index contributed by atoms with van der Waals surface area (Å²) in [7, 11) is -10.5. The highest BCUT2D eigenvalue weighted by Crippen LogP contribution is 2.98. The summed E-state index contributed by atoms with van der Waals surface area (Å²) in [4.78, 5) is 2.49. The molecule has 13 heteroatoms. The fourth-order valence-corrected chi connectivity index (χ4v) is 0.554. The molecule has 0 aliphatic carbocycles. The lowest BCUT2D eigenvalue weighted by atomic mass is 10.7. The minimum atomic E-state index is -10.5. The summed E-state index contributed by atoms with van der Waals surface area (Å²) in [6.45, 7) is 0. The highest BCUT2D eigenvalue weighted by atomic mass is 35.5. The van der Waals surface area contributed by atoms with E-state index >= 15 is 0 Å². The first kappa shape index (κ1) is 15.7. The van der Waals surface area contributed by atoms with Gasteiger partial charge in [0, 0.05) is 0 Å². The van der Waals surface area contributed by atoms with Crippen molar-refractivity contribution in [2.75, 3.05) is 0 Å². The summed E-state index contributed by atoms with van der Waals surface area (Å²) in [5.41, 5.74) is 0. The molecule has 2 nitrogen and oxygen atoms in total. The van der Waals surface area contributed by atoms with Crippen LogP contribution >= 0.6 is 45.3 Å². The van der Waals surface area contributed by atoms with E-state index in [-0.39, 0.29) is 0 Å². The second kappa shape index (κ2) is 3.10. The van der Waals surface area contributed by atoms with E-state index in [4.69, 9.17) is 0 Å². The molecule has 15 heavy (non-hydrogen) atoms. The summed E-state index contributed by atoms with van der Waals surface area (Å²) in [5, 5.41) is -4.78. The molecule has 0 radical (unpaired) electrons. The Labute approximate surface area is 93.0 Å². The minimum absolute atomic E-state index is 1.65. The molecule has 0 aliphatic rings. The largest absolute Gasteiger partial charge is 0.422 e. The Morgan fingerprint density at radius 3 is 1.40 bits per heavy atom. The maximum absolute atomic E-state index is 12.0. The molecule has 0 N–H and O–H groups in total. The predicted molar refractivity (Wildman–Crippen MR) is 40.5 cm³/mol. The second-order valence-corrected chi connectivity index (χ2v) is 5.73. The van der Waals surface area contributed by atoms with E-state index in [0.29, 0.717) is 0 Å². The van der Waals surface area contributed by atoms with Crippen molar-refractivity contribution in [1.82, 2.24) is 0 Å². The minimum Gasteiger partial charge on any atom is -0.182 e. The summed E-state index contributed by atoms with van der Waals surface area (Å²) in [5.74, 6) is 0. The number of hydrogen-bond donors (Lipinski definition) is 0. The van der Waals surface area contributed by atoms with Crippen LogP contribution in [0.2, 0.25) is 0 Å². The fraction of sp³-hybridized carbons (Fsp3) is 1.00. The SMILES string of the molecule is FC(F)(Cl)C(Cl)(Cl)OOS(F)(F)(F)(F)F. The molecule has 0 aromatic carbocycles. The van der Waals surface area contributed by atoms with Gasteiger partial charge >= 0.3 is 20.4 Å². The first-order chi connectivity index (χ1) is 5.93. The Morgan fingerprint density at radius 1 is 0.867 bits per heavy atom. The molecular formula is C2Cl3F7O2S. The Balaban J connectivity index is 4.71. The van der Waals surface area contributed by atoms with E-state index < -0.39 is 20.4 Å².